The van der Waals surface area contributed by atoms with Crippen LogP contribution in [0.2, 0.25) is 0 Å². The summed E-state index contributed by atoms with van der Waals surface area (Å²) >= 11 is 0. The largest absolute Gasteiger partial charge is 0.419 e. The molecule has 2 aromatic heterocycles. The molecule has 3 fully saturated rings. The fourth-order valence-corrected chi connectivity index (χ4v) is 4.70. The first-order valence-corrected chi connectivity index (χ1v) is 10.0. The van der Waals surface area contributed by atoms with Crippen molar-refractivity contribution in [2.24, 2.45) is 17.8 Å². The Labute approximate surface area is 165 Å². The van der Waals surface area contributed by atoms with Gasteiger partial charge in [-0.05, 0) is 36.7 Å². The van der Waals surface area contributed by atoms with E-state index in [4.69, 9.17) is 10.7 Å². The molecule has 0 bridgehead atoms. The van der Waals surface area contributed by atoms with Crippen LogP contribution < -0.4 is 5.73 Å². The van der Waals surface area contributed by atoms with E-state index in [0.29, 0.717) is 41.6 Å². The predicted molar refractivity (Wildman–Crippen MR) is 99.7 cm³/mol. The molecule has 5 nitrogen and oxygen atoms in total. The zero-order valence-corrected chi connectivity index (χ0v) is 15.9. The molecule has 1 saturated heterocycles. The van der Waals surface area contributed by atoms with Crippen molar-refractivity contribution in [2.45, 2.75) is 31.5 Å². The number of imidazole rings is 1. The summed E-state index contributed by atoms with van der Waals surface area (Å²) in [5.74, 6) is 1.96. The number of pyridine rings is 1. The van der Waals surface area contributed by atoms with Crippen LogP contribution in [0.1, 0.15) is 30.3 Å². The van der Waals surface area contributed by atoms with Gasteiger partial charge in [-0.2, -0.15) is 13.2 Å². The van der Waals surface area contributed by atoms with Gasteiger partial charge in [-0.1, -0.05) is 0 Å². The summed E-state index contributed by atoms with van der Waals surface area (Å²) in [6.45, 7) is 1.88. The quantitative estimate of drug-likeness (QED) is 0.741. The number of nitrogens with zero attached hydrogens (tertiary/aromatic N) is 4. The van der Waals surface area contributed by atoms with Crippen LogP contribution in [-0.2, 0) is 12.6 Å². The number of hydrogen-bond donors (Lipinski definition) is 1. The lowest BCUT2D eigenvalue weighted by molar-refractivity contribution is -0.137. The number of halogens is 4. The summed E-state index contributed by atoms with van der Waals surface area (Å²) in [5, 5.41) is 0. The number of nitrogen functional groups attached to an aromatic ring is 1. The first kappa shape index (κ1) is 18.8. The maximum atomic E-state index is 13.2. The van der Waals surface area contributed by atoms with Crippen molar-refractivity contribution in [1.29, 1.82) is 0 Å². The summed E-state index contributed by atoms with van der Waals surface area (Å²) < 4.78 is 54.4. The number of likely N-dealkylation sites (tertiary alicyclic amines) is 1. The number of fused-ring (bicyclic) bond motifs is 1. The van der Waals surface area contributed by atoms with Gasteiger partial charge in [0.25, 0.3) is 0 Å². The Bertz CT molecular complexity index is 908. The Morgan fingerprint density at radius 1 is 1.17 bits per heavy atom. The van der Waals surface area contributed by atoms with Gasteiger partial charge < -0.3 is 15.2 Å². The molecule has 0 amide bonds. The second-order valence-electron chi connectivity index (χ2n) is 8.52. The summed E-state index contributed by atoms with van der Waals surface area (Å²) in [4.78, 5) is 10.6. The van der Waals surface area contributed by atoms with E-state index >= 15 is 0 Å². The molecule has 2 N–H and O–H groups in total. The lowest BCUT2D eigenvalue weighted by Crippen LogP contribution is -2.27. The van der Waals surface area contributed by atoms with Crippen LogP contribution in [0.4, 0.5) is 23.4 Å². The van der Waals surface area contributed by atoms with Gasteiger partial charge in [0.1, 0.15) is 18.3 Å². The zero-order valence-electron chi connectivity index (χ0n) is 15.9. The molecule has 3 aliphatic rings. The van der Waals surface area contributed by atoms with E-state index in [2.05, 4.69) is 14.5 Å². The molecule has 0 aromatic carbocycles. The van der Waals surface area contributed by atoms with Crippen LogP contribution >= 0.6 is 0 Å². The van der Waals surface area contributed by atoms with Gasteiger partial charge in [-0.15, -0.1) is 0 Å². The van der Waals surface area contributed by atoms with Crippen LogP contribution in [0.15, 0.2) is 18.5 Å². The number of rotatable bonds is 6. The molecule has 9 heteroatoms. The Hall–Kier alpha value is -2.16. The number of hydrogen-bond acceptors (Lipinski definition) is 4. The molecule has 0 radical (unpaired) electrons. The Kier molecular flexibility index (Phi) is 4.34. The minimum atomic E-state index is -4.56. The minimum absolute atomic E-state index is 0.310. The van der Waals surface area contributed by atoms with Crippen LogP contribution in [0.5, 0.6) is 0 Å². The van der Waals surface area contributed by atoms with Crippen molar-refractivity contribution in [3.63, 3.8) is 0 Å². The van der Waals surface area contributed by atoms with E-state index in [1.807, 2.05) is 6.20 Å². The van der Waals surface area contributed by atoms with Gasteiger partial charge in [0.15, 0.2) is 0 Å². The molecule has 156 valence electrons. The molecule has 1 aliphatic heterocycles. The van der Waals surface area contributed by atoms with Gasteiger partial charge >= 0.3 is 6.18 Å². The average Bonchev–Trinajstić information content (AvgIpc) is 3.50. The SMILES string of the molecule is Nc1ncc(-c2cn(C3C4CN(CCF)CC43)c(CC3CC3)n2)cc1C(F)(F)F. The lowest BCUT2D eigenvalue weighted by Gasteiger charge is -2.18. The van der Waals surface area contributed by atoms with E-state index in [0.717, 1.165) is 31.4 Å². The second kappa shape index (κ2) is 6.68. The molecular formula is C20H23F4N5. The first-order chi connectivity index (χ1) is 13.8. The lowest BCUT2D eigenvalue weighted by atomic mass is 10.1. The molecule has 2 aliphatic carbocycles. The number of anilines is 1. The smallest absolute Gasteiger partial charge is 0.383 e. The molecule has 0 spiro atoms. The number of nitrogens with two attached hydrogens (primary N) is 1. The van der Waals surface area contributed by atoms with E-state index in [9.17, 15) is 17.6 Å². The summed E-state index contributed by atoms with van der Waals surface area (Å²) in [5.41, 5.74) is 5.33. The number of alkyl halides is 4. The Morgan fingerprint density at radius 2 is 1.90 bits per heavy atom. The summed E-state index contributed by atoms with van der Waals surface area (Å²) in [7, 11) is 0. The maximum absolute atomic E-state index is 13.2. The normalized spacial score (nSPS) is 26.7. The van der Waals surface area contributed by atoms with Gasteiger partial charge in [0.05, 0.1) is 11.3 Å². The van der Waals surface area contributed by atoms with Crippen molar-refractivity contribution >= 4 is 5.82 Å². The topological polar surface area (TPSA) is 60.0 Å². The van der Waals surface area contributed by atoms with Crippen molar-refractivity contribution in [1.82, 2.24) is 19.4 Å². The Balaban J connectivity index is 1.44. The van der Waals surface area contributed by atoms with Crippen LogP contribution in [0, 0.1) is 17.8 Å². The van der Waals surface area contributed by atoms with Crippen molar-refractivity contribution in [3.05, 3.63) is 29.8 Å². The highest BCUT2D eigenvalue weighted by Crippen LogP contribution is 2.56. The minimum Gasteiger partial charge on any atom is -0.383 e. The number of aromatic nitrogens is 3. The third-order valence-electron chi connectivity index (χ3n) is 6.44. The average molecular weight is 409 g/mol. The van der Waals surface area contributed by atoms with E-state index in [1.165, 1.54) is 19.0 Å². The van der Waals surface area contributed by atoms with Crippen LogP contribution in [-0.4, -0.2) is 45.7 Å². The van der Waals surface area contributed by atoms with Crippen LogP contribution in [0.25, 0.3) is 11.3 Å². The van der Waals surface area contributed by atoms with Crippen molar-refractivity contribution < 1.29 is 17.6 Å². The third-order valence-corrected chi connectivity index (χ3v) is 6.44. The Morgan fingerprint density at radius 3 is 2.52 bits per heavy atom. The molecule has 2 unspecified atom stereocenters. The highest BCUT2D eigenvalue weighted by atomic mass is 19.4. The number of piperidine rings is 1. The molecule has 5 rings (SSSR count). The molecule has 29 heavy (non-hydrogen) atoms. The summed E-state index contributed by atoms with van der Waals surface area (Å²) in [6.07, 6.45) is 1.86. The first-order valence-electron chi connectivity index (χ1n) is 10.0. The molecular weight excluding hydrogens is 386 g/mol. The zero-order chi connectivity index (χ0) is 20.3. The van der Waals surface area contributed by atoms with E-state index in [-0.39, 0.29) is 6.67 Å². The fraction of sp³-hybridized carbons (Fsp3) is 0.600. The van der Waals surface area contributed by atoms with Gasteiger partial charge in [-0.3, -0.25) is 0 Å². The highest BCUT2D eigenvalue weighted by Gasteiger charge is 2.57. The van der Waals surface area contributed by atoms with Gasteiger partial charge in [0.2, 0.25) is 0 Å². The monoisotopic (exact) mass is 409 g/mol. The summed E-state index contributed by atoms with van der Waals surface area (Å²) in [6, 6.07) is 1.34. The fourth-order valence-electron chi connectivity index (χ4n) is 4.70. The van der Waals surface area contributed by atoms with E-state index in [1.54, 1.807) is 0 Å². The predicted octanol–water partition coefficient (Wildman–Crippen LogP) is 3.57. The van der Waals surface area contributed by atoms with E-state index < -0.39 is 17.6 Å². The third kappa shape index (κ3) is 3.49. The molecule has 3 heterocycles. The maximum Gasteiger partial charge on any atom is 0.419 e. The van der Waals surface area contributed by atoms with Gasteiger partial charge in [0, 0.05) is 50.1 Å². The van der Waals surface area contributed by atoms with Crippen molar-refractivity contribution in [2.75, 3.05) is 32.0 Å². The second-order valence-corrected chi connectivity index (χ2v) is 8.52. The van der Waals surface area contributed by atoms with Crippen LogP contribution in [0.3, 0.4) is 0 Å². The van der Waals surface area contributed by atoms with Gasteiger partial charge in [-0.25, -0.2) is 14.4 Å². The molecule has 2 atom stereocenters. The van der Waals surface area contributed by atoms with Crippen molar-refractivity contribution in [3.8, 4) is 11.3 Å². The molecule has 2 aromatic rings. The highest BCUT2D eigenvalue weighted by molar-refractivity contribution is 5.62. The standard InChI is InChI=1S/C20H23F4N5/c21-3-4-28-8-13-14(9-28)18(13)29-10-16(27-17(29)5-11-1-2-11)12-6-15(20(22,23)24)19(25)26-7-12/h6-7,10-11,13-14,18H,1-5,8-9H2,(H2,25,26). The molecule has 2 saturated carbocycles.